The molecule has 0 spiro atoms. The summed E-state index contributed by atoms with van der Waals surface area (Å²) in [5, 5.41) is 6.11. The van der Waals surface area contributed by atoms with E-state index in [1.165, 1.54) is 11.8 Å². The van der Waals surface area contributed by atoms with Gasteiger partial charge in [0.25, 0.3) is 0 Å². The maximum absolute atomic E-state index is 12.0. The van der Waals surface area contributed by atoms with Crippen LogP contribution in [0.4, 0.5) is 0 Å². The molecule has 0 atom stereocenters. The van der Waals surface area contributed by atoms with Crippen LogP contribution in [0, 0.1) is 0 Å². The van der Waals surface area contributed by atoms with Crippen LogP contribution in [0.25, 0.3) is 6.08 Å². The van der Waals surface area contributed by atoms with Crippen LogP contribution in [0.3, 0.4) is 0 Å². The van der Waals surface area contributed by atoms with Crippen LogP contribution in [0.2, 0.25) is 0 Å². The largest absolute Gasteiger partial charge is 0.493 e. The van der Waals surface area contributed by atoms with Crippen molar-refractivity contribution in [3.05, 3.63) is 40.9 Å². The Morgan fingerprint density at radius 2 is 2.20 bits per heavy atom. The van der Waals surface area contributed by atoms with Gasteiger partial charge in [0.05, 0.1) is 20.8 Å². The third kappa shape index (κ3) is 4.17. The Bertz CT molecular complexity index is 743. The average molecular weight is 359 g/mol. The second-order valence-electron chi connectivity index (χ2n) is 5.53. The summed E-state index contributed by atoms with van der Waals surface area (Å²) in [7, 11) is 3.18. The fourth-order valence-electron chi connectivity index (χ4n) is 2.67. The summed E-state index contributed by atoms with van der Waals surface area (Å²) in [6, 6.07) is 5.52. The molecular formula is C18H21N3O3S. The first kappa shape index (κ1) is 17.4. The maximum atomic E-state index is 12.0. The first-order chi connectivity index (χ1) is 12.2. The van der Waals surface area contributed by atoms with Gasteiger partial charge in [0.2, 0.25) is 5.91 Å². The van der Waals surface area contributed by atoms with Crippen molar-refractivity contribution in [2.45, 2.75) is 6.42 Å². The number of amides is 1. The molecule has 0 radical (unpaired) electrons. The molecule has 0 fully saturated rings. The Morgan fingerprint density at radius 1 is 1.36 bits per heavy atom. The SMILES string of the molecule is COc1ccc(/C=C/C(=O)NCCC2=CSC3=NCCN23)cc1OC. The van der Waals surface area contributed by atoms with Gasteiger partial charge in [0.15, 0.2) is 16.7 Å². The predicted molar refractivity (Wildman–Crippen MR) is 101 cm³/mol. The zero-order valence-electron chi connectivity index (χ0n) is 14.3. The number of nitrogens with one attached hydrogen (secondary N) is 1. The first-order valence-electron chi connectivity index (χ1n) is 8.07. The number of thioether (sulfide) groups is 1. The van der Waals surface area contributed by atoms with E-state index >= 15 is 0 Å². The number of methoxy groups -OCH3 is 2. The molecule has 1 aromatic carbocycles. The topological polar surface area (TPSA) is 63.2 Å². The molecule has 25 heavy (non-hydrogen) atoms. The predicted octanol–water partition coefficient (Wildman–Crippen LogP) is 2.48. The van der Waals surface area contributed by atoms with E-state index in [1.807, 2.05) is 18.2 Å². The fraction of sp³-hybridized carbons (Fsp3) is 0.333. The monoisotopic (exact) mass is 359 g/mol. The van der Waals surface area contributed by atoms with Gasteiger partial charge in [-0.15, -0.1) is 0 Å². The minimum absolute atomic E-state index is 0.114. The highest BCUT2D eigenvalue weighted by atomic mass is 32.2. The molecule has 2 aliphatic rings. The Balaban J connectivity index is 1.48. The minimum Gasteiger partial charge on any atom is -0.493 e. The summed E-state index contributed by atoms with van der Waals surface area (Å²) in [6.45, 7) is 2.41. The third-order valence-electron chi connectivity index (χ3n) is 3.96. The van der Waals surface area contributed by atoms with Crippen molar-refractivity contribution in [1.29, 1.82) is 0 Å². The number of hydrogen-bond acceptors (Lipinski definition) is 6. The Kier molecular flexibility index (Phi) is 5.65. The number of amidine groups is 1. The molecule has 6 nitrogen and oxygen atoms in total. The smallest absolute Gasteiger partial charge is 0.244 e. The van der Waals surface area contributed by atoms with E-state index < -0.39 is 0 Å². The van der Waals surface area contributed by atoms with E-state index in [1.54, 1.807) is 32.1 Å². The molecule has 0 aliphatic carbocycles. The van der Waals surface area contributed by atoms with Gasteiger partial charge in [0, 0.05) is 31.3 Å². The molecule has 0 unspecified atom stereocenters. The molecule has 132 valence electrons. The second-order valence-corrected chi connectivity index (χ2v) is 6.37. The second kappa shape index (κ2) is 8.11. The zero-order valence-corrected chi connectivity index (χ0v) is 15.1. The van der Waals surface area contributed by atoms with Crippen molar-refractivity contribution in [2.75, 3.05) is 33.9 Å². The number of carbonyl (C=O) groups is 1. The fourth-order valence-corrected chi connectivity index (χ4v) is 3.66. The summed E-state index contributed by atoms with van der Waals surface area (Å²) in [5.74, 6) is 1.19. The van der Waals surface area contributed by atoms with Crippen LogP contribution >= 0.6 is 11.8 Å². The van der Waals surface area contributed by atoms with Gasteiger partial charge >= 0.3 is 0 Å². The molecule has 0 saturated carbocycles. The molecule has 2 heterocycles. The Hall–Kier alpha value is -2.41. The average Bonchev–Trinajstić information content (AvgIpc) is 3.24. The van der Waals surface area contributed by atoms with Gasteiger partial charge in [0.1, 0.15) is 0 Å². The van der Waals surface area contributed by atoms with Crippen LogP contribution in [0.15, 0.2) is 40.4 Å². The van der Waals surface area contributed by atoms with Crippen LogP contribution in [0.5, 0.6) is 11.5 Å². The highest BCUT2D eigenvalue weighted by Crippen LogP contribution is 2.30. The van der Waals surface area contributed by atoms with Gasteiger partial charge in [-0.25, -0.2) is 0 Å². The first-order valence-corrected chi connectivity index (χ1v) is 8.95. The number of fused-ring (bicyclic) bond motifs is 1. The van der Waals surface area contributed by atoms with Gasteiger partial charge in [-0.05, 0) is 29.2 Å². The van der Waals surface area contributed by atoms with Gasteiger partial charge in [-0.1, -0.05) is 17.8 Å². The number of hydrogen-bond donors (Lipinski definition) is 1. The molecule has 0 saturated heterocycles. The highest BCUT2D eigenvalue weighted by Gasteiger charge is 2.25. The van der Waals surface area contributed by atoms with E-state index in [0.717, 1.165) is 30.2 Å². The van der Waals surface area contributed by atoms with Crippen LogP contribution in [-0.2, 0) is 4.79 Å². The maximum Gasteiger partial charge on any atom is 0.244 e. The molecule has 1 N–H and O–H groups in total. The number of nitrogens with zero attached hydrogens (tertiary/aromatic N) is 2. The van der Waals surface area contributed by atoms with Crippen molar-refractivity contribution >= 4 is 28.9 Å². The van der Waals surface area contributed by atoms with E-state index in [9.17, 15) is 4.79 Å². The van der Waals surface area contributed by atoms with Gasteiger partial charge < -0.3 is 19.7 Å². The van der Waals surface area contributed by atoms with Crippen LogP contribution in [-0.4, -0.2) is 49.8 Å². The zero-order chi connectivity index (χ0) is 17.6. The lowest BCUT2D eigenvalue weighted by atomic mass is 10.2. The number of aliphatic imine (C=N–C) groups is 1. The summed E-state index contributed by atoms with van der Waals surface area (Å²) in [6.07, 6.45) is 4.09. The van der Waals surface area contributed by atoms with E-state index in [-0.39, 0.29) is 5.91 Å². The van der Waals surface area contributed by atoms with Gasteiger partial charge in [-0.3, -0.25) is 9.79 Å². The Labute approximate surface area is 151 Å². The van der Waals surface area contributed by atoms with Crippen molar-refractivity contribution in [2.24, 2.45) is 4.99 Å². The third-order valence-corrected chi connectivity index (χ3v) is 4.91. The van der Waals surface area contributed by atoms with Crippen molar-refractivity contribution < 1.29 is 14.3 Å². The molecule has 0 bridgehead atoms. The highest BCUT2D eigenvalue weighted by molar-refractivity contribution is 8.16. The minimum atomic E-state index is -0.114. The normalized spacial score (nSPS) is 15.8. The number of benzene rings is 1. The summed E-state index contributed by atoms with van der Waals surface area (Å²) >= 11 is 1.66. The number of ether oxygens (including phenoxy) is 2. The lowest BCUT2D eigenvalue weighted by Gasteiger charge is -2.16. The van der Waals surface area contributed by atoms with E-state index in [0.29, 0.717) is 18.0 Å². The van der Waals surface area contributed by atoms with E-state index in [4.69, 9.17) is 9.47 Å². The molecule has 3 rings (SSSR count). The molecule has 7 heteroatoms. The van der Waals surface area contributed by atoms with Crippen molar-refractivity contribution in [3.8, 4) is 11.5 Å². The lowest BCUT2D eigenvalue weighted by Crippen LogP contribution is -2.26. The summed E-state index contributed by atoms with van der Waals surface area (Å²) < 4.78 is 10.5. The van der Waals surface area contributed by atoms with Crippen LogP contribution < -0.4 is 14.8 Å². The quantitative estimate of drug-likeness (QED) is 0.758. The number of carbonyl (C=O) groups excluding carboxylic acids is 1. The molecule has 0 aromatic heterocycles. The summed E-state index contributed by atoms with van der Waals surface area (Å²) in [4.78, 5) is 18.6. The van der Waals surface area contributed by atoms with Crippen LogP contribution in [0.1, 0.15) is 12.0 Å². The standard InChI is InChI=1S/C18H21N3O3S/c1-23-15-5-3-13(11-16(15)24-2)4-6-17(22)19-8-7-14-12-25-18-20-9-10-21(14)18/h3-6,11-12H,7-10H2,1-2H3,(H,19,22)/b6-4+. The van der Waals surface area contributed by atoms with Crippen molar-refractivity contribution in [3.63, 3.8) is 0 Å². The van der Waals surface area contributed by atoms with E-state index in [2.05, 4.69) is 20.6 Å². The summed E-state index contributed by atoms with van der Waals surface area (Å²) in [5.41, 5.74) is 2.10. The molecule has 1 amide bonds. The lowest BCUT2D eigenvalue weighted by molar-refractivity contribution is -0.116. The molecule has 1 aromatic rings. The van der Waals surface area contributed by atoms with Crippen molar-refractivity contribution in [1.82, 2.24) is 10.2 Å². The molecular weight excluding hydrogens is 338 g/mol. The Morgan fingerprint density at radius 3 is 3.00 bits per heavy atom. The number of rotatable bonds is 7. The molecule has 2 aliphatic heterocycles. The van der Waals surface area contributed by atoms with Gasteiger partial charge in [-0.2, -0.15) is 0 Å².